The summed E-state index contributed by atoms with van der Waals surface area (Å²) in [7, 11) is 0. The van der Waals surface area contributed by atoms with Gasteiger partial charge in [-0.25, -0.2) is 15.0 Å². The number of H-pyrrole nitrogens is 1. The Morgan fingerprint density at radius 2 is 2.18 bits per heavy atom. The molecule has 0 radical (unpaired) electrons. The van der Waals surface area contributed by atoms with Crippen molar-refractivity contribution in [3.63, 3.8) is 0 Å². The average Bonchev–Trinajstić information content (AvgIpc) is 2.95. The number of imidazole rings is 1. The third kappa shape index (κ3) is 4.67. The number of aromatic nitrogens is 4. The van der Waals surface area contributed by atoms with Gasteiger partial charge in [-0.15, -0.1) is 0 Å². The van der Waals surface area contributed by atoms with Crippen molar-refractivity contribution in [2.24, 2.45) is 0 Å². The maximum Gasteiger partial charge on any atom is 0.233 e. The smallest absolute Gasteiger partial charge is 0.233 e. The third-order valence-corrected chi connectivity index (χ3v) is 4.02. The van der Waals surface area contributed by atoms with Gasteiger partial charge in [-0.2, -0.15) is 0 Å². The molecular weight excluding hydrogens is 302 g/mol. The van der Waals surface area contributed by atoms with Gasteiger partial charge in [0.2, 0.25) is 5.91 Å². The number of amides is 1. The minimum Gasteiger partial charge on any atom is -0.379 e. The quantitative estimate of drug-likeness (QED) is 0.437. The molecule has 1 atom stereocenters. The lowest BCUT2D eigenvalue weighted by Gasteiger charge is -2.12. The molecule has 2 aromatic heterocycles. The van der Waals surface area contributed by atoms with Gasteiger partial charge in [0.25, 0.3) is 0 Å². The molecule has 0 saturated heterocycles. The summed E-state index contributed by atoms with van der Waals surface area (Å²) in [6.07, 6.45) is 4.06. The number of carbonyl (C=O) groups excluding carboxylic acids is 1. The number of aromatic amines is 1. The van der Waals surface area contributed by atoms with Gasteiger partial charge in [-0.1, -0.05) is 11.8 Å². The monoisotopic (exact) mass is 323 g/mol. The first kappa shape index (κ1) is 16.7. The van der Waals surface area contributed by atoms with Crippen molar-refractivity contribution in [1.82, 2.24) is 25.3 Å². The molecule has 0 spiro atoms. The van der Waals surface area contributed by atoms with Crippen LogP contribution in [0.4, 0.5) is 0 Å². The highest BCUT2D eigenvalue weighted by atomic mass is 32.2. The zero-order valence-electron chi connectivity index (χ0n) is 13.0. The first-order valence-corrected chi connectivity index (χ1v) is 8.16. The number of fused-ring (bicyclic) bond motifs is 1. The number of carbonyl (C=O) groups is 1. The Kier molecular flexibility index (Phi) is 6.14. The van der Waals surface area contributed by atoms with E-state index in [1.54, 1.807) is 6.33 Å². The van der Waals surface area contributed by atoms with Gasteiger partial charge in [-0.05, 0) is 27.2 Å². The minimum absolute atomic E-state index is 0.0131. The predicted molar refractivity (Wildman–Crippen MR) is 85.7 cm³/mol. The van der Waals surface area contributed by atoms with Crippen molar-refractivity contribution < 1.29 is 9.53 Å². The Labute approximate surface area is 133 Å². The van der Waals surface area contributed by atoms with E-state index >= 15 is 0 Å². The van der Waals surface area contributed by atoms with Crippen molar-refractivity contribution >= 4 is 28.8 Å². The number of nitrogens with one attached hydrogen (secondary N) is 2. The minimum atomic E-state index is -0.243. The third-order valence-electron chi connectivity index (χ3n) is 2.92. The summed E-state index contributed by atoms with van der Waals surface area (Å²) in [4.78, 5) is 27.4. The van der Waals surface area contributed by atoms with Gasteiger partial charge in [-0.3, -0.25) is 4.79 Å². The Morgan fingerprint density at radius 3 is 2.95 bits per heavy atom. The summed E-state index contributed by atoms with van der Waals surface area (Å²) < 4.78 is 5.43. The van der Waals surface area contributed by atoms with Gasteiger partial charge >= 0.3 is 0 Å². The highest BCUT2D eigenvalue weighted by molar-refractivity contribution is 8.00. The van der Waals surface area contributed by atoms with Crippen LogP contribution in [-0.2, 0) is 9.53 Å². The van der Waals surface area contributed by atoms with Crippen molar-refractivity contribution in [2.45, 2.75) is 43.6 Å². The molecule has 2 N–H and O–H groups in total. The van der Waals surface area contributed by atoms with Crippen LogP contribution in [0.2, 0.25) is 0 Å². The van der Waals surface area contributed by atoms with E-state index in [9.17, 15) is 4.79 Å². The normalized spacial score (nSPS) is 12.7. The molecule has 0 bridgehead atoms. The van der Waals surface area contributed by atoms with Crippen LogP contribution in [-0.4, -0.2) is 50.3 Å². The predicted octanol–water partition coefficient (Wildman–Crippen LogP) is 1.76. The van der Waals surface area contributed by atoms with Crippen LogP contribution in [0, 0.1) is 0 Å². The fourth-order valence-electron chi connectivity index (χ4n) is 1.80. The second-order valence-corrected chi connectivity index (χ2v) is 6.43. The van der Waals surface area contributed by atoms with Crippen LogP contribution >= 0.6 is 11.8 Å². The van der Waals surface area contributed by atoms with E-state index in [1.165, 1.54) is 18.1 Å². The van der Waals surface area contributed by atoms with E-state index in [0.29, 0.717) is 18.8 Å². The van der Waals surface area contributed by atoms with Crippen LogP contribution in [0.5, 0.6) is 0 Å². The standard InChI is InChI=1S/C14H21N5O2S/c1-9(2)21-6-4-5-15-13(20)10(3)22-14-11-12(17-7-16-11)18-8-19-14/h7-10H,4-6H2,1-3H3,(H,15,20)(H,16,17,18,19). The van der Waals surface area contributed by atoms with Crippen molar-refractivity contribution in [3.05, 3.63) is 12.7 Å². The lowest BCUT2D eigenvalue weighted by atomic mass is 10.4. The molecule has 0 aliphatic carbocycles. The topological polar surface area (TPSA) is 92.8 Å². The highest BCUT2D eigenvalue weighted by Gasteiger charge is 2.17. The number of nitrogens with zero attached hydrogens (tertiary/aromatic N) is 3. The second kappa shape index (κ2) is 8.09. The highest BCUT2D eigenvalue weighted by Crippen LogP contribution is 2.25. The Bertz CT molecular complexity index is 616. The first-order chi connectivity index (χ1) is 10.6. The van der Waals surface area contributed by atoms with Gasteiger partial charge in [0.15, 0.2) is 5.65 Å². The van der Waals surface area contributed by atoms with E-state index in [2.05, 4.69) is 25.3 Å². The molecule has 8 heteroatoms. The lowest BCUT2D eigenvalue weighted by molar-refractivity contribution is -0.120. The number of hydrogen-bond donors (Lipinski definition) is 2. The fourth-order valence-corrected chi connectivity index (χ4v) is 2.70. The number of hydrogen-bond acceptors (Lipinski definition) is 6. The molecule has 1 amide bonds. The largest absolute Gasteiger partial charge is 0.379 e. The zero-order valence-corrected chi connectivity index (χ0v) is 13.8. The maximum atomic E-state index is 12.1. The molecule has 2 rings (SSSR count). The summed E-state index contributed by atoms with van der Waals surface area (Å²) >= 11 is 1.39. The fraction of sp³-hybridized carbons (Fsp3) is 0.571. The van der Waals surface area contributed by atoms with Crippen molar-refractivity contribution in [3.8, 4) is 0 Å². The molecule has 0 saturated carbocycles. The summed E-state index contributed by atoms with van der Waals surface area (Å²) in [5.74, 6) is -0.0131. The Balaban J connectivity index is 1.80. The van der Waals surface area contributed by atoms with E-state index in [4.69, 9.17) is 4.74 Å². The van der Waals surface area contributed by atoms with Crippen LogP contribution in [0.3, 0.4) is 0 Å². The van der Waals surface area contributed by atoms with Gasteiger partial charge in [0, 0.05) is 13.2 Å². The molecule has 120 valence electrons. The van der Waals surface area contributed by atoms with Gasteiger partial charge in [0.1, 0.15) is 16.9 Å². The van der Waals surface area contributed by atoms with Crippen LogP contribution in [0.15, 0.2) is 17.7 Å². The van der Waals surface area contributed by atoms with Crippen LogP contribution in [0.25, 0.3) is 11.2 Å². The number of ether oxygens (including phenoxy) is 1. The Morgan fingerprint density at radius 1 is 1.36 bits per heavy atom. The number of thioether (sulfide) groups is 1. The van der Waals surface area contributed by atoms with Crippen molar-refractivity contribution in [2.75, 3.05) is 13.2 Å². The van der Waals surface area contributed by atoms with E-state index in [1.807, 2.05) is 20.8 Å². The molecule has 0 aromatic carbocycles. The second-order valence-electron chi connectivity index (χ2n) is 5.10. The summed E-state index contributed by atoms with van der Waals surface area (Å²) in [5, 5.41) is 3.40. The molecule has 22 heavy (non-hydrogen) atoms. The molecule has 1 unspecified atom stereocenters. The maximum absolute atomic E-state index is 12.1. The molecule has 7 nitrogen and oxygen atoms in total. The molecule has 0 aliphatic rings. The van der Waals surface area contributed by atoms with E-state index < -0.39 is 0 Å². The van der Waals surface area contributed by atoms with E-state index in [0.717, 1.165) is 17.0 Å². The van der Waals surface area contributed by atoms with Crippen LogP contribution in [0.1, 0.15) is 27.2 Å². The lowest BCUT2D eigenvalue weighted by Crippen LogP contribution is -2.32. The van der Waals surface area contributed by atoms with Gasteiger partial charge < -0.3 is 15.0 Å². The molecule has 0 fully saturated rings. The van der Waals surface area contributed by atoms with Crippen molar-refractivity contribution in [1.29, 1.82) is 0 Å². The van der Waals surface area contributed by atoms with Crippen LogP contribution < -0.4 is 5.32 Å². The SMILES string of the molecule is CC(C)OCCCNC(=O)C(C)Sc1ncnc2nc[nH]c12. The zero-order chi connectivity index (χ0) is 15.9. The molecule has 2 aromatic rings. The number of rotatable bonds is 8. The molecule has 2 heterocycles. The van der Waals surface area contributed by atoms with Gasteiger partial charge in [0.05, 0.1) is 17.7 Å². The summed E-state index contributed by atoms with van der Waals surface area (Å²) in [5.41, 5.74) is 1.37. The molecule has 0 aliphatic heterocycles. The molecular formula is C14H21N5O2S. The average molecular weight is 323 g/mol. The first-order valence-electron chi connectivity index (χ1n) is 7.28. The Hall–Kier alpha value is -1.67. The van der Waals surface area contributed by atoms with E-state index in [-0.39, 0.29) is 17.3 Å². The summed E-state index contributed by atoms with van der Waals surface area (Å²) in [6.45, 7) is 7.11. The summed E-state index contributed by atoms with van der Waals surface area (Å²) in [6, 6.07) is 0.